The van der Waals surface area contributed by atoms with Gasteiger partial charge < -0.3 is 30.5 Å². The van der Waals surface area contributed by atoms with Crippen LogP contribution in [0.5, 0.6) is 0 Å². The van der Waals surface area contributed by atoms with E-state index >= 15 is 0 Å². The summed E-state index contributed by atoms with van der Waals surface area (Å²) in [6, 6.07) is 9.34. The summed E-state index contributed by atoms with van der Waals surface area (Å²) in [6.07, 6.45) is -1.29. The molecule has 1 atom stereocenters. The number of sulfonamides is 1. The van der Waals surface area contributed by atoms with Crippen LogP contribution >= 0.6 is 0 Å². The van der Waals surface area contributed by atoms with Gasteiger partial charge in [-0.05, 0) is 62.1 Å². The molecule has 0 saturated carbocycles. The molecule has 0 radical (unpaired) electrons. The van der Waals surface area contributed by atoms with Crippen LogP contribution in [0.2, 0.25) is 0 Å². The number of nitrogens with zero attached hydrogens (tertiary/aromatic N) is 5. The molecule has 1 aromatic carbocycles. The monoisotopic (exact) mass is 737 g/mol. The Balaban J connectivity index is 1.27. The molecular formula is C32H42F3N9O6S. The highest BCUT2D eigenvalue weighted by Crippen LogP contribution is 2.34. The molecule has 278 valence electrons. The number of benzene rings is 1. The average molecular weight is 738 g/mol. The van der Waals surface area contributed by atoms with Crippen LogP contribution in [0.25, 0.3) is 0 Å². The van der Waals surface area contributed by atoms with Crippen LogP contribution in [0.15, 0.2) is 30.3 Å². The van der Waals surface area contributed by atoms with E-state index in [4.69, 9.17) is 5.26 Å². The predicted molar refractivity (Wildman–Crippen MR) is 180 cm³/mol. The molecule has 1 aromatic heterocycles. The number of methoxy groups -OCH3 is 1. The number of amides is 3. The molecule has 4 rings (SSSR count). The lowest BCUT2D eigenvalue weighted by molar-refractivity contribution is -0.144. The van der Waals surface area contributed by atoms with Gasteiger partial charge in [0.25, 0.3) is 0 Å². The fourth-order valence-electron chi connectivity index (χ4n) is 5.88. The summed E-state index contributed by atoms with van der Waals surface area (Å²) in [5.74, 6) is -2.38. The zero-order chi connectivity index (χ0) is 37.0. The lowest BCUT2D eigenvalue weighted by Crippen LogP contribution is -2.44. The number of piperidine rings is 1. The third-order valence-corrected chi connectivity index (χ3v) is 10.0. The molecule has 2 fully saturated rings. The second-order valence-electron chi connectivity index (χ2n) is 12.2. The lowest BCUT2D eigenvalue weighted by atomic mass is 9.93. The van der Waals surface area contributed by atoms with Crippen molar-refractivity contribution in [2.45, 2.75) is 50.7 Å². The first-order valence-electron chi connectivity index (χ1n) is 16.6. The molecular weight excluding hydrogens is 695 g/mol. The Morgan fingerprint density at radius 2 is 1.67 bits per heavy atom. The number of nitrogens with one attached hydrogen (secondary N) is 4. The van der Waals surface area contributed by atoms with Crippen LogP contribution in [0.3, 0.4) is 0 Å². The predicted octanol–water partition coefficient (Wildman–Crippen LogP) is 1.69. The summed E-state index contributed by atoms with van der Waals surface area (Å²) < 4.78 is 72.1. The molecule has 0 spiro atoms. The average Bonchev–Trinajstić information content (AvgIpc) is 3.61. The van der Waals surface area contributed by atoms with Gasteiger partial charge in [-0.15, -0.1) is 0 Å². The molecule has 3 heterocycles. The van der Waals surface area contributed by atoms with Gasteiger partial charge in [-0.1, -0.05) is 12.1 Å². The Hall–Kier alpha value is -4.70. The van der Waals surface area contributed by atoms with E-state index in [1.54, 1.807) is 21.9 Å². The van der Waals surface area contributed by atoms with Gasteiger partial charge in [0.05, 0.1) is 24.5 Å². The molecule has 15 nitrogen and oxygen atoms in total. The number of urea groups is 1. The van der Waals surface area contributed by atoms with Gasteiger partial charge in [0, 0.05) is 45.3 Å². The fraction of sp³-hybridized carbons (Fsp3) is 0.562. The highest BCUT2D eigenvalue weighted by molar-refractivity contribution is 7.89. The van der Waals surface area contributed by atoms with Crippen molar-refractivity contribution in [2.75, 3.05) is 68.5 Å². The SMILES string of the molecule is COC(=O)CNS(=O)(=O)CCNC(=O)NCCC1CCN(c2cc(N3CCC[C@H]3C(=O)NCCc3ccc(C#N)cc3)nc(C(F)(F)F)n2)CC1. The molecule has 3 amide bonds. The Morgan fingerprint density at radius 1 is 0.980 bits per heavy atom. The van der Waals surface area contributed by atoms with Gasteiger partial charge >= 0.3 is 18.2 Å². The summed E-state index contributed by atoms with van der Waals surface area (Å²) in [4.78, 5) is 47.4. The van der Waals surface area contributed by atoms with Crippen molar-refractivity contribution in [1.82, 2.24) is 30.6 Å². The molecule has 0 unspecified atom stereocenters. The molecule has 0 aliphatic carbocycles. The summed E-state index contributed by atoms with van der Waals surface area (Å²) in [5, 5.41) is 17.0. The molecule has 4 N–H and O–H groups in total. The number of hydrogen-bond acceptors (Lipinski definition) is 11. The van der Waals surface area contributed by atoms with Gasteiger partial charge in [-0.3, -0.25) is 9.59 Å². The number of rotatable bonds is 15. The Morgan fingerprint density at radius 3 is 2.33 bits per heavy atom. The highest BCUT2D eigenvalue weighted by Gasteiger charge is 2.39. The van der Waals surface area contributed by atoms with Crippen molar-refractivity contribution in [2.24, 2.45) is 5.92 Å². The Bertz CT molecular complexity index is 1660. The van der Waals surface area contributed by atoms with Crippen molar-refractivity contribution in [1.29, 1.82) is 5.26 Å². The minimum absolute atomic E-state index is 0.0430. The van der Waals surface area contributed by atoms with Gasteiger partial charge in [-0.2, -0.15) is 18.4 Å². The minimum atomic E-state index is -4.79. The Kier molecular flexibility index (Phi) is 13.8. The number of alkyl halides is 3. The van der Waals surface area contributed by atoms with Crippen molar-refractivity contribution < 1.29 is 40.7 Å². The number of carbonyl (C=O) groups excluding carboxylic acids is 3. The normalized spacial score (nSPS) is 16.7. The van der Waals surface area contributed by atoms with E-state index in [0.717, 1.165) is 12.7 Å². The standard InChI is InChI=1S/C32H42F3N9O6S/c1-50-28(45)21-40-51(48,49)18-14-39-31(47)38-13-9-23-10-16-43(17-11-23)26-19-27(42-30(41-26)32(33,34)35)44-15-2-3-25(44)29(46)37-12-8-22-4-6-24(20-36)7-5-22/h4-7,19,23,25,40H,2-3,8-18,21H2,1H3,(H,37,46)(H2,38,39,47)/t25-/m0/s1. The molecule has 51 heavy (non-hydrogen) atoms. The first-order valence-corrected chi connectivity index (χ1v) is 18.2. The van der Waals surface area contributed by atoms with Gasteiger partial charge in [0.1, 0.15) is 24.2 Å². The van der Waals surface area contributed by atoms with Crippen LogP contribution in [0, 0.1) is 17.2 Å². The van der Waals surface area contributed by atoms with E-state index in [-0.39, 0.29) is 30.0 Å². The lowest BCUT2D eigenvalue weighted by Gasteiger charge is -2.34. The number of aromatic nitrogens is 2. The van der Waals surface area contributed by atoms with E-state index in [2.05, 4.69) is 41.4 Å². The number of ether oxygens (including phenoxy) is 1. The quantitative estimate of drug-likeness (QED) is 0.194. The number of hydrogen-bond donors (Lipinski definition) is 4. The van der Waals surface area contributed by atoms with Crippen molar-refractivity contribution in [3.63, 3.8) is 0 Å². The van der Waals surface area contributed by atoms with Crippen LogP contribution in [0.4, 0.5) is 29.6 Å². The third-order valence-electron chi connectivity index (χ3n) is 8.70. The Labute approximate surface area is 294 Å². The van der Waals surface area contributed by atoms with Gasteiger partial charge in [-0.25, -0.2) is 27.9 Å². The van der Waals surface area contributed by atoms with Crippen LogP contribution in [0.1, 0.15) is 49.1 Å². The highest BCUT2D eigenvalue weighted by atomic mass is 32.2. The van der Waals surface area contributed by atoms with Crippen LogP contribution in [-0.2, 0) is 36.9 Å². The maximum absolute atomic E-state index is 14.0. The number of nitriles is 1. The van der Waals surface area contributed by atoms with E-state index in [9.17, 15) is 36.0 Å². The maximum atomic E-state index is 14.0. The van der Waals surface area contributed by atoms with E-state index in [0.29, 0.717) is 76.8 Å². The van der Waals surface area contributed by atoms with Crippen molar-refractivity contribution in [3.8, 4) is 6.07 Å². The first-order chi connectivity index (χ1) is 24.3. The molecule has 2 saturated heterocycles. The smallest absolute Gasteiger partial charge is 0.451 e. The second kappa shape index (κ2) is 18.0. The van der Waals surface area contributed by atoms with Crippen LogP contribution < -0.4 is 30.5 Å². The van der Waals surface area contributed by atoms with Crippen molar-refractivity contribution >= 4 is 39.6 Å². The zero-order valence-corrected chi connectivity index (χ0v) is 29.0. The summed E-state index contributed by atoms with van der Waals surface area (Å²) in [6.45, 7) is 1.19. The van der Waals surface area contributed by atoms with Gasteiger partial charge in [0.15, 0.2) is 0 Å². The summed E-state index contributed by atoms with van der Waals surface area (Å²) in [5.41, 5.74) is 1.47. The van der Waals surface area contributed by atoms with Crippen molar-refractivity contribution in [3.05, 3.63) is 47.3 Å². The minimum Gasteiger partial charge on any atom is -0.468 e. The molecule has 0 bridgehead atoms. The summed E-state index contributed by atoms with van der Waals surface area (Å²) in [7, 11) is -2.65. The molecule has 2 aliphatic heterocycles. The number of esters is 1. The zero-order valence-electron chi connectivity index (χ0n) is 28.2. The second-order valence-corrected chi connectivity index (χ2v) is 14.2. The van der Waals surface area contributed by atoms with Crippen LogP contribution in [-0.4, -0.2) is 101 Å². The number of carbonyl (C=O) groups is 3. The largest absolute Gasteiger partial charge is 0.468 e. The number of anilines is 2. The topological polar surface area (TPSA) is 199 Å². The molecule has 19 heteroatoms. The van der Waals surface area contributed by atoms with E-state index in [1.807, 2.05) is 12.1 Å². The maximum Gasteiger partial charge on any atom is 0.451 e. The first kappa shape index (κ1) is 39.1. The molecule has 2 aliphatic rings. The third kappa shape index (κ3) is 12.0. The van der Waals surface area contributed by atoms with Gasteiger partial charge in [0.2, 0.25) is 21.8 Å². The van der Waals surface area contributed by atoms with E-state index < -0.39 is 52.4 Å². The summed E-state index contributed by atoms with van der Waals surface area (Å²) >= 11 is 0. The fourth-order valence-corrected chi connectivity index (χ4v) is 6.73. The number of halogens is 3. The van der Waals surface area contributed by atoms with E-state index in [1.165, 1.54) is 6.07 Å². The molecule has 2 aromatic rings.